The Hall–Kier alpha value is -2.15. The summed E-state index contributed by atoms with van der Waals surface area (Å²) in [4.78, 5) is 4.14. The van der Waals surface area contributed by atoms with Gasteiger partial charge >= 0.3 is 0 Å². The molecule has 0 aliphatic carbocycles. The van der Waals surface area contributed by atoms with Crippen LogP contribution in [0.5, 0.6) is 0 Å². The molecule has 19 heavy (non-hydrogen) atoms. The van der Waals surface area contributed by atoms with Crippen LogP contribution >= 0.6 is 0 Å². The van der Waals surface area contributed by atoms with Crippen LogP contribution in [0.4, 0.5) is 0 Å². The molecule has 0 spiro atoms. The lowest BCUT2D eigenvalue weighted by Crippen LogP contribution is -1.92. The van der Waals surface area contributed by atoms with Crippen molar-refractivity contribution in [1.29, 1.82) is 0 Å². The molecular formula is C18H16N. The number of rotatable bonds is 4. The van der Waals surface area contributed by atoms with Crippen molar-refractivity contribution >= 4 is 10.8 Å². The Labute approximate surface area is 113 Å². The quantitative estimate of drug-likeness (QED) is 0.671. The van der Waals surface area contributed by atoms with Crippen molar-refractivity contribution in [1.82, 2.24) is 4.98 Å². The molecule has 93 valence electrons. The second kappa shape index (κ2) is 5.66. The number of benzene rings is 2. The van der Waals surface area contributed by atoms with E-state index in [0.717, 1.165) is 12.8 Å². The average molecular weight is 246 g/mol. The fourth-order valence-electron chi connectivity index (χ4n) is 2.38. The van der Waals surface area contributed by atoms with Gasteiger partial charge in [0, 0.05) is 12.4 Å². The summed E-state index contributed by atoms with van der Waals surface area (Å²) in [5.41, 5.74) is 2.66. The van der Waals surface area contributed by atoms with Gasteiger partial charge < -0.3 is 0 Å². The van der Waals surface area contributed by atoms with Gasteiger partial charge in [0.15, 0.2) is 0 Å². The van der Waals surface area contributed by atoms with E-state index in [1.54, 1.807) is 0 Å². The lowest BCUT2D eigenvalue weighted by molar-refractivity contribution is 1.02. The Balaban J connectivity index is 1.72. The first kappa shape index (κ1) is 11.9. The molecule has 1 heteroatoms. The topological polar surface area (TPSA) is 12.9 Å². The van der Waals surface area contributed by atoms with Crippen LogP contribution in [0, 0.1) is 6.42 Å². The molecule has 3 rings (SSSR count). The van der Waals surface area contributed by atoms with E-state index in [0.29, 0.717) is 0 Å². The number of aromatic nitrogens is 1. The maximum Gasteiger partial charge on any atom is 0.0299 e. The van der Waals surface area contributed by atoms with Crippen molar-refractivity contribution in [2.75, 3.05) is 0 Å². The van der Waals surface area contributed by atoms with Crippen molar-refractivity contribution in [2.24, 2.45) is 0 Å². The third-order valence-corrected chi connectivity index (χ3v) is 3.35. The highest BCUT2D eigenvalue weighted by molar-refractivity contribution is 5.85. The molecule has 1 nitrogen and oxygen atoms in total. The molecule has 0 saturated carbocycles. The van der Waals surface area contributed by atoms with E-state index in [9.17, 15) is 0 Å². The summed E-state index contributed by atoms with van der Waals surface area (Å²) < 4.78 is 0. The van der Waals surface area contributed by atoms with E-state index in [1.165, 1.54) is 21.9 Å². The normalized spacial score (nSPS) is 10.7. The smallest absolute Gasteiger partial charge is 0.0299 e. The monoisotopic (exact) mass is 246 g/mol. The molecule has 3 aromatic rings. The molecule has 0 N–H and O–H groups in total. The zero-order valence-corrected chi connectivity index (χ0v) is 10.8. The van der Waals surface area contributed by atoms with E-state index in [1.807, 2.05) is 18.5 Å². The molecular weight excluding hydrogens is 230 g/mol. The number of hydrogen-bond acceptors (Lipinski definition) is 1. The molecule has 0 atom stereocenters. The second-order valence-corrected chi connectivity index (χ2v) is 4.70. The Morgan fingerprint density at radius 3 is 2.63 bits per heavy atom. The predicted molar refractivity (Wildman–Crippen MR) is 79.9 cm³/mol. The van der Waals surface area contributed by atoms with Gasteiger partial charge in [0.2, 0.25) is 0 Å². The van der Waals surface area contributed by atoms with Gasteiger partial charge in [-0.2, -0.15) is 0 Å². The van der Waals surface area contributed by atoms with Crippen LogP contribution in [-0.2, 0) is 12.8 Å². The minimum absolute atomic E-state index is 0.969. The first-order chi connectivity index (χ1) is 9.43. The molecule has 0 amide bonds. The first-order valence-corrected chi connectivity index (χ1v) is 6.61. The van der Waals surface area contributed by atoms with Crippen molar-refractivity contribution < 1.29 is 0 Å². The van der Waals surface area contributed by atoms with Gasteiger partial charge in [-0.15, -0.1) is 0 Å². The summed E-state index contributed by atoms with van der Waals surface area (Å²) in [6, 6.07) is 19.2. The molecule has 0 unspecified atom stereocenters. The fraction of sp³-hybridized carbons (Fsp3) is 0.111. The summed E-state index contributed by atoms with van der Waals surface area (Å²) in [6.07, 6.45) is 8.03. The van der Waals surface area contributed by atoms with Crippen molar-refractivity contribution in [3.8, 4) is 0 Å². The van der Waals surface area contributed by atoms with Gasteiger partial charge in [0.25, 0.3) is 0 Å². The molecule has 1 aromatic heterocycles. The Kier molecular flexibility index (Phi) is 3.55. The fourth-order valence-corrected chi connectivity index (χ4v) is 2.38. The van der Waals surface area contributed by atoms with Crippen LogP contribution in [0.1, 0.15) is 11.1 Å². The maximum atomic E-state index is 4.14. The van der Waals surface area contributed by atoms with E-state index < -0.39 is 0 Å². The Morgan fingerprint density at radius 1 is 0.842 bits per heavy atom. The van der Waals surface area contributed by atoms with Crippen molar-refractivity contribution in [2.45, 2.75) is 12.8 Å². The van der Waals surface area contributed by atoms with Crippen LogP contribution < -0.4 is 0 Å². The lowest BCUT2D eigenvalue weighted by atomic mass is 9.99. The third kappa shape index (κ3) is 2.82. The number of nitrogens with zero attached hydrogens (tertiary/aromatic N) is 1. The van der Waals surface area contributed by atoms with Crippen LogP contribution in [0.2, 0.25) is 0 Å². The molecule has 0 fully saturated rings. The molecule has 0 bridgehead atoms. The van der Waals surface area contributed by atoms with Gasteiger partial charge in [-0.3, -0.25) is 4.98 Å². The molecule has 1 heterocycles. The number of pyridine rings is 1. The van der Waals surface area contributed by atoms with Crippen molar-refractivity contribution in [3.63, 3.8) is 0 Å². The van der Waals surface area contributed by atoms with Gasteiger partial charge in [0.1, 0.15) is 0 Å². The molecule has 1 radical (unpaired) electrons. The van der Waals surface area contributed by atoms with Crippen LogP contribution in [0.25, 0.3) is 10.8 Å². The van der Waals surface area contributed by atoms with E-state index in [2.05, 4.69) is 59.9 Å². The standard InChI is InChI=1S/C18H16N/c1-2-12-18-16(8-1)10-4-11-17(18)9-3-6-15-7-5-13-19-14-15/h1-5,7-8,10-14H,6,9H2. The Morgan fingerprint density at radius 2 is 1.74 bits per heavy atom. The minimum atomic E-state index is 0.969. The summed E-state index contributed by atoms with van der Waals surface area (Å²) in [6.45, 7) is 0. The zero-order valence-electron chi connectivity index (χ0n) is 10.8. The van der Waals surface area contributed by atoms with Gasteiger partial charge in [-0.25, -0.2) is 0 Å². The molecule has 0 aliphatic heterocycles. The predicted octanol–water partition coefficient (Wildman–Crippen LogP) is 4.22. The van der Waals surface area contributed by atoms with Crippen LogP contribution in [-0.4, -0.2) is 4.98 Å². The lowest BCUT2D eigenvalue weighted by Gasteiger charge is -2.06. The van der Waals surface area contributed by atoms with Crippen LogP contribution in [0.15, 0.2) is 67.0 Å². The van der Waals surface area contributed by atoms with E-state index >= 15 is 0 Å². The SMILES string of the molecule is [CH](Cc1cccnc1)Cc1cccc2ccccc12. The van der Waals surface area contributed by atoms with Crippen LogP contribution in [0.3, 0.4) is 0 Å². The largest absolute Gasteiger partial charge is 0.264 e. The minimum Gasteiger partial charge on any atom is -0.264 e. The summed E-state index contributed by atoms with van der Waals surface area (Å²) in [5, 5.41) is 2.67. The average Bonchev–Trinajstić information content (AvgIpc) is 2.49. The molecule has 0 aliphatic rings. The third-order valence-electron chi connectivity index (χ3n) is 3.35. The van der Waals surface area contributed by atoms with Gasteiger partial charge in [-0.05, 0) is 47.2 Å². The van der Waals surface area contributed by atoms with E-state index in [4.69, 9.17) is 0 Å². The highest BCUT2D eigenvalue weighted by Gasteiger charge is 2.00. The van der Waals surface area contributed by atoms with Gasteiger partial charge in [-0.1, -0.05) is 48.5 Å². The number of fused-ring (bicyclic) bond motifs is 1. The summed E-state index contributed by atoms with van der Waals surface area (Å²) >= 11 is 0. The highest BCUT2D eigenvalue weighted by atomic mass is 14.6. The maximum absolute atomic E-state index is 4.14. The van der Waals surface area contributed by atoms with E-state index in [-0.39, 0.29) is 0 Å². The number of hydrogen-bond donors (Lipinski definition) is 0. The van der Waals surface area contributed by atoms with Gasteiger partial charge in [0.05, 0.1) is 0 Å². The molecule has 2 aromatic carbocycles. The Bertz CT molecular complexity index is 653. The first-order valence-electron chi connectivity index (χ1n) is 6.61. The summed E-state index contributed by atoms with van der Waals surface area (Å²) in [7, 11) is 0. The second-order valence-electron chi connectivity index (χ2n) is 4.70. The summed E-state index contributed by atoms with van der Waals surface area (Å²) in [5.74, 6) is 0. The van der Waals surface area contributed by atoms with Crippen molar-refractivity contribution in [3.05, 3.63) is 84.5 Å². The molecule has 0 saturated heterocycles. The highest BCUT2D eigenvalue weighted by Crippen LogP contribution is 2.19. The zero-order chi connectivity index (χ0) is 12.9.